The first-order valence-corrected chi connectivity index (χ1v) is 8.03. The van der Waals surface area contributed by atoms with Gasteiger partial charge >= 0.3 is 0 Å². The lowest BCUT2D eigenvalue weighted by molar-refractivity contribution is -0.114. The molecule has 136 valence electrons. The second-order valence-electron chi connectivity index (χ2n) is 5.64. The Balaban J connectivity index is 1.62. The maximum absolute atomic E-state index is 13.2. The second kappa shape index (κ2) is 8.05. The summed E-state index contributed by atoms with van der Waals surface area (Å²) >= 11 is 0. The SMILES string of the molecule is CC(=O)Nc1ccc(Nc2ncc(C(=O)Nc3cccc(F)c3)cn2)cc1. The zero-order valence-electron chi connectivity index (χ0n) is 14.4. The average molecular weight is 365 g/mol. The Kier molecular flexibility index (Phi) is 5.36. The molecule has 0 aliphatic rings. The number of hydrogen-bond donors (Lipinski definition) is 3. The molecule has 3 N–H and O–H groups in total. The van der Waals surface area contributed by atoms with Crippen LogP contribution in [0.3, 0.4) is 0 Å². The smallest absolute Gasteiger partial charge is 0.258 e. The number of carbonyl (C=O) groups is 2. The third-order valence-electron chi connectivity index (χ3n) is 3.46. The molecule has 0 aliphatic heterocycles. The average Bonchev–Trinajstić information content (AvgIpc) is 2.63. The van der Waals surface area contributed by atoms with E-state index in [-0.39, 0.29) is 11.5 Å². The summed E-state index contributed by atoms with van der Waals surface area (Å²) in [6.45, 7) is 1.44. The number of benzene rings is 2. The van der Waals surface area contributed by atoms with Gasteiger partial charge in [0.1, 0.15) is 5.82 Å². The van der Waals surface area contributed by atoms with Crippen molar-refractivity contribution in [2.75, 3.05) is 16.0 Å². The number of nitrogens with one attached hydrogen (secondary N) is 3. The topological polar surface area (TPSA) is 96.0 Å². The highest BCUT2D eigenvalue weighted by atomic mass is 19.1. The van der Waals surface area contributed by atoms with E-state index in [1.54, 1.807) is 30.3 Å². The van der Waals surface area contributed by atoms with E-state index >= 15 is 0 Å². The van der Waals surface area contributed by atoms with Crippen LogP contribution in [0.4, 0.5) is 27.4 Å². The first-order chi connectivity index (χ1) is 13.0. The van der Waals surface area contributed by atoms with E-state index in [4.69, 9.17) is 0 Å². The zero-order chi connectivity index (χ0) is 19.2. The van der Waals surface area contributed by atoms with Crippen molar-refractivity contribution in [3.63, 3.8) is 0 Å². The molecule has 0 fully saturated rings. The van der Waals surface area contributed by atoms with E-state index in [9.17, 15) is 14.0 Å². The van der Waals surface area contributed by atoms with Crippen molar-refractivity contribution in [3.8, 4) is 0 Å². The Morgan fingerprint density at radius 3 is 2.19 bits per heavy atom. The summed E-state index contributed by atoms with van der Waals surface area (Å²) in [5, 5.41) is 8.24. The standard InChI is InChI=1S/C19H16FN5O2/c1-12(26)23-15-5-7-16(8-6-15)25-19-21-10-13(11-22-19)18(27)24-17-4-2-3-14(20)9-17/h2-11H,1H3,(H,23,26)(H,24,27)(H,21,22,25). The van der Waals surface area contributed by atoms with Gasteiger partial charge in [-0.1, -0.05) is 6.07 Å². The predicted octanol–water partition coefficient (Wildman–Crippen LogP) is 3.57. The van der Waals surface area contributed by atoms with Gasteiger partial charge in [0.25, 0.3) is 5.91 Å². The Bertz CT molecular complexity index is 959. The molecule has 2 amide bonds. The maximum atomic E-state index is 13.2. The lowest BCUT2D eigenvalue weighted by atomic mass is 10.2. The molecule has 0 saturated carbocycles. The molecule has 0 unspecified atom stereocenters. The number of rotatable bonds is 5. The van der Waals surface area contributed by atoms with Crippen molar-refractivity contribution in [2.24, 2.45) is 0 Å². The van der Waals surface area contributed by atoms with Gasteiger partial charge in [-0.25, -0.2) is 14.4 Å². The van der Waals surface area contributed by atoms with Crippen molar-refractivity contribution < 1.29 is 14.0 Å². The molecule has 0 bridgehead atoms. The van der Waals surface area contributed by atoms with Crippen LogP contribution in [0.2, 0.25) is 0 Å². The van der Waals surface area contributed by atoms with E-state index in [0.29, 0.717) is 17.3 Å². The summed E-state index contributed by atoms with van der Waals surface area (Å²) in [5.74, 6) is -0.712. The first kappa shape index (κ1) is 18.0. The quantitative estimate of drug-likeness (QED) is 0.642. The fourth-order valence-corrected chi connectivity index (χ4v) is 2.25. The molecule has 7 nitrogen and oxygen atoms in total. The third-order valence-corrected chi connectivity index (χ3v) is 3.46. The van der Waals surface area contributed by atoms with Gasteiger partial charge in [0.05, 0.1) is 5.56 Å². The monoisotopic (exact) mass is 365 g/mol. The van der Waals surface area contributed by atoms with Crippen LogP contribution in [0.25, 0.3) is 0 Å². The molecular formula is C19H16FN5O2. The number of anilines is 4. The van der Waals surface area contributed by atoms with E-state index in [2.05, 4.69) is 25.9 Å². The molecule has 27 heavy (non-hydrogen) atoms. The van der Waals surface area contributed by atoms with Crippen LogP contribution < -0.4 is 16.0 Å². The number of aromatic nitrogens is 2. The zero-order valence-corrected chi connectivity index (χ0v) is 14.4. The van der Waals surface area contributed by atoms with Crippen LogP contribution in [0.15, 0.2) is 60.9 Å². The van der Waals surface area contributed by atoms with Gasteiger partial charge in [0.2, 0.25) is 11.9 Å². The third kappa shape index (κ3) is 5.08. The Hall–Kier alpha value is -3.81. The molecule has 0 spiro atoms. The predicted molar refractivity (Wildman–Crippen MR) is 100 cm³/mol. The fraction of sp³-hybridized carbons (Fsp3) is 0.0526. The number of hydrogen-bond acceptors (Lipinski definition) is 5. The van der Waals surface area contributed by atoms with E-state index in [0.717, 1.165) is 5.69 Å². The van der Waals surface area contributed by atoms with Crippen molar-refractivity contribution >= 4 is 34.8 Å². The number of nitrogens with zero attached hydrogens (tertiary/aromatic N) is 2. The first-order valence-electron chi connectivity index (χ1n) is 8.03. The van der Waals surface area contributed by atoms with Crippen LogP contribution in [0, 0.1) is 5.82 Å². The van der Waals surface area contributed by atoms with Crippen LogP contribution >= 0.6 is 0 Å². The Morgan fingerprint density at radius 2 is 1.56 bits per heavy atom. The van der Waals surface area contributed by atoms with E-state index in [1.165, 1.54) is 37.5 Å². The van der Waals surface area contributed by atoms with Crippen molar-refractivity contribution in [1.82, 2.24) is 9.97 Å². The summed E-state index contributed by atoms with van der Waals surface area (Å²) in [7, 11) is 0. The van der Waals surface area contributed by atoms with Crippen LogP contribution in [-0.2, 0) is 4.79 Å². The Morgan fingerprint density at radius 1 is 0.889 bits per heavy atom. The highest BCUT2D eigenvalue weighted by molar-refractivity contribution is 6.03. The molecule has 0 radical (unpaired) electrons. The van der Waals surface area contributed by atoms with Gasteiger partial charge < -0.3 is 16.0 Å². The molecule has 8 heteroatoms. The van der Waals surface area contributed by atoms with Gasteiger partial charge in [-0.2, -0.15) is 0 Å². The van der Waals surface area contributed by atoms with Crippen molar-refractivity contribution in [2.45, 2.75) is 6.92 Å². The van der Waals surface area contributed by atoms with Crippen LogP contribution in [0.5, 0.6) is 0 Å². The van der Waals surface area contributed by atoms with Crippen molar-refractivity contribution in [3.05, 3.63) is 72.3 Å². The molecule has 3 aromatic rings. The summed E-state index contributed by atoms with van der Waals surface area (Å²) in [6, 6.07) is 12.6. The summed E-state index contributed by atoms with van der Waals surface area (Å²) < 4.78 is 13.2. The minimum Gasteiger partial charge on any atom is -0.326 e. The highest BCUT2D eigenvalue weighted by Gasteiger charge is 2.08. The number of halogens is 1. The van der Waals surface area contributed by atoms with Crippen LogP contribution in [-0.4, -0.2) is 21.8 Å². The molecule has 1 heterocycles. The molecule has 0 aliphatic carbocycles. The number of carbonyl (C=O) groups excluding carboxylic acids is 2. The lowest BCUT2D eigenvalue weighted by Crippen LogP contribution is -2.13. The van der Waals surface area contributed by atoms with E-state index in [1.807, 2.05) is 0 Å². The minimum atomic E-state index is -0.438. The summed E-state index contributed by atoms with van der Waals surface area (Å²) in [6.07, 6.45) is 2.74. The normalized spacial score (nSPS) is 10.1. The summed E-state index contributed by atoms with van der Waals surface area (Å²) in [5.41, 5.74) is 1.99. The second-order valence-corrected chi connectivity index (χ2v) is 5.64. The van der Waals surface area contributed by atoms with Gasteiger partial charge in [0, 0.05) is 36.4 Å². The molecule has 3 rings (SSSR count). The molecule has 0 saturated heterocycles. The van der Waals surface area contributed by atoms with Crippen LogP contribution in [0.1, 0.15) is 17.3 Å². The van der Waals surface area contributed by atoms with Gasteiger partial charge in [0.15, 0.2) is 0 Å². The molecule has 1 aromatic heterocycles. The fourth-order valence-electron chi connectivity index (χ4n) is 2.25. The molecule has 2 aromatic carbocycles. The lowest BCUT2D eigenvalue weighted by Gasteiger charge is -2.08. The largest absolute Gasteiger partial charge is 0.326 e. The van der Waals surface area contributed by atoms with Crippen molar-refractivity contribution in [1.29, 1.82) is 0 Å². The van der Waals surface area contributed by atoms with Gasteiger partial charge in [-0.05, 0) is 42.5 Å². The van der Waals surface area contributed by atoms with E-state index < -0.39 is 11.7 Å². The van der Waals surface area contributed by atoms with Gasteiger partial charge in [-0.15, -0.1) is 0 Å². The van der Waals surface area contributed by atoms with Gasteiger partial charge in [-0.3, -0.25) is 9.59 Å². The molecule has 0 atom stereocenters. The summed E-state index contributed by atoms with van der Waals surface area (Å²) in [4.78, 5) is 31.4. The number of amides is 2. The maximum Gasteiger partial charge on any atom is 0.258 e. The molecular weight excluding hydrogens is 349 g/mol. The minimum absolute atomic E-state index is 0.147. The Labute approximate surface area is 154 Å². The highest BCUT2D eigenvalue weighted by Crippen LogP contribution is 2.17.